The number of hydrogen-bond acceptors (Lipinski definition) is 3. The normalized spacial score (nSPS) is 12.9. The van der Waals surface area contributed by atoms with Gasteiger partial charge in [0, 0.05) is 22.0 Å². The van der Waals surface area contributed by atoms with Gasteiger partial charge < -0.3 is 15.2 Å². The van der Waals surface area contributed by atoms with Crippen LogP contribution < -0.4 is 10.1 Å². The molecule has 19 heavy (non-hydrogen) atoms. The summed E-state index contributed by atoms with van der Waals surface area (Å²) in [5.41, 5.74) is 0.690. The van der Waals surface area contributed by atoms with Gasteiger partial charge in [0.1, 0.15) is 11.9 Å². The van der Waals surface area contributed by atoms with Crippen LogP contribution >= 0.6 is 15.9 Å². The van der Waals surface area contributed by atoms with Crippen molar-refractivity contribution in [2.24, 2.45) is 0 Å². The third kappa shape index (κ3) is 4.21. The molecule has 0 fully saturated rings. The number of ether oxygens (including phenoxy) is 1. The minimum atomic E-state index is -1.000. The Morgan fingerprint density at radius 3 is 2.68 bits per heavy atom. The number of nitrogens with one attached hydrogen (secondary N) is 1. The Morgan fingerprint density at radius 1 is 1.53 bits per heavy atom. The van der Waals surface area contributed by atoms with E-state index in [1.54, 1.807) is 7.11 Å². The Morgan fingerprint density at radius 2 is 2.16 bits per heavy atom. The van der Waals surface area contributed by atoms with Crippen molar-refractivity contribution >= 4 is 21.8 Å². The van der Waals surface area contributed by atoms with Crippen LogP contribution in [0.5, 0.6) is 5.75 Å². The zero-order chi connectivity index (χ0) is 14.6. The van der Waals surface area contributed by atoms with Gasteiger partial charge in [-0.3, -0.25) is 4.79 Å². The van der Waals surface area contributed by atoms with Gasteiger partial charge in [0.05, 0.1) is 7.11 Å². The monoisotopic (exact) mass is 329 g/mol. The number of carbonyl (C=O) groups excluding carboxylic acids is 1. The first-order valence-corrected chi connectivity index (χ1v) is 6.87. The zero-order valence-corrected chi connectivity index (χ0v) is 13.2. The lowest BCUT2D eigenvalue weighted by Crippen LogP contribution is -2.40. The third-order valence-electron chi connectivity index (χ3n) is 2.97. The Bertz CT molecular complexity index is 458. The van der Waals surface area contributed by atoms with Crippen LogP contribution in [-0.2, 0) is 10.2 Å². The van der Waals surface area contributed by atoms with Gasteiger partial charge in [-0.2, -0.15) is 0 Å². The summed E-state index contributed by atoms with van der Waals surface area (Å²) in [6.45, 7) is 5.89. The summed E-state index contributed by atoms with van der Waals surface area (Å²) in [6, 6.07) is 5.78. The molecular weight excluding hydrogens is 310 g/mol. The molecule has 0 aliphatic heterocycles. The predicted octanol–water partition coefficient (Wildman–Crippen LogP) is 2.23. The SMILES string of the molecule is COc1ccc(Br)cc1C(C)(C)CNC(=O)C(C)O. The van der Waals surface area contributed by atoms with E-state index in [2.05, 4.69) is 21.2 Å². The van der Waals surface area contributed by atoms with E-state index in [0.29, 0.717) is 6.54 Å². The summed E-state index contributed by atoms with van der Waals surface area (Å²) >= 11 is 3.44. The molecule has 0 heterocycles. The van der Waals surface area contributed by atoms with Crippen LogP contribution in [0.15, 0.2) is 22.7 Å². The number of aliphatic hydroxyl groups is 1. The number of hydrogen-bond donors (Lipinski definition) is 2. The fourth-order valence-corrected chi connectivity index (χ4v) is 2.12. The number of carbonyl (C=O) groups is 1. The van der Waals surface area contributed by atoms with Crippen molar-refractivity contribution in [3.05, 3.63) is 28.2 Å². The van der Waals surface area contributed by atoms with Gasteiger partial charge in [-0.1, -0.05) is 29.8 Å². The average Bonchev–Trinajstić information content (AvgIpc) is 2.35. The van der Waals surface area contributed by atoms with E-state index < -0.39 is 6.10 Å². The molecule has 1 aromatic carbocycles. The van der Waals surface area contributed by atoms with Crippen molar-refractivity contribution in [1.29, 1.82) is 0 Å². The maximum absolute atomic E-state index is 11.4. The summed E-state index contributed by atoms with van der Waals surface area (Å²) in [4.78, 5) is 11.4. The summed E-state index contributed by atoms with van der Waals surface area (Å²) in [5, 5.41) is 11.9. The first kappa shape index (κ1) is 16.0. The zero-order valence-electron chi connectivity index (χ0n) is 11.7. The smallest absolute Gasteiger partial charge is 0.248 e. The standard InChI is InChI=1S/C14H20BrNO3/c1-9(17)13(18)16-8-14(2,3)11-7-10(15)5-6-12(11)19-4/h5-7,9,17H,8H2,1-4H3,(H,16,18). The van der Waals surface area contributed by atoms with E-state index in [1.165, 1.54) is 6.92 Å². The first-order chi connectivity index (χ1) is 8.77. The average molecular weight is 330 g/mol. The molecule has 0 saturated carbocycles. The van der Waals surface area contributed by atoms with E-state index in [4.69, 9.17) is 4.74 Å². The van der Waals surface area contributed by atoms with Gasteiger partial charge >= 0.3 is 0 Å². The molecule has 0 radical (unpaired) electrons. The van der Waals surface area contributed by atoms with Crippen molar-refractivity contribution < 1.29 is 14.6 Å². The van der Waals surface area contributed by atoms with Crippen molar-refractivity contribution in [3.8, 4) is 5.75 Å². The molecule has 0 aliphatic carbocycles. The van der Waals surface area contributed by atoms with Gasteiger partial charge in [-0.15, -0.1) is 0 Å². The van der Waals surface area contributed by atoms with Crippen molar-refractivity contribution in [2.75, 3.05) is 13.7 Å². The summed E-state index contributed by atoms with van der Waals surface area (Å²) in [6.07, 6.45) is -1.000. The number of aliphatic hydroxyl groups excluding tert-OH is 1. The molecule has 1 atom stereocenters. The second-order valence-corrected chi connectivity index (χ2v) is 6.04. The molecule has 1 rings (SSSR count). The van der Waals surface area contributed by atoms with Gasteiger partial charge in [0.25, 0.3) is 0 Å². The molecule has 0 spiro atoms. The lowest BCUT2D eigenvalue weighted by Gasteiger charge is -2.28. The van der Waals surface area contributed by atoms with Crippen LogP contribution in [0.4, 0.5) is 0 Å². The van der Waals surface area contributed by atoms with E-state index >= 15 is 0 Å². The summed E-state index contributed by atoms with van der Waals surface area (Å²) in [7, 11) is 1.62. The molecular formula is C14H20BrNO3. The topological polar surface area (TPSA) is 58.6 Å². The van der Waals surface area contributed by atoms with Crippen LogP contribution in [0, 0.1) is 0 Å². The van der Waals surface area contributed by atoms with Crippen LogP contribution in [0.25, 0.3) is 0 Å². The number of rotatable bonds is 5. The highest BCUT2D eigenvalue weighted by atomic mass is 79.9. The molecule has 106 valence electrons. The largest absolute Gasteiger partial charge is 0.496 e. The van der Waals surface area contributed by atoms with Crippen LogP contribution in [0.1, 0.15) is 26.3 Å². The minimum Gasteiger partial charge on any atom is -0.496 e. The van der Waals surface area contributed by atoms with Crippen LogP contribution in [-0.4, -0.2) is 30.8 Å². The maximum Gasteiger partial charge on any atom is 0.248 e. The quantitative estimate of drug-likeness (QED) is 0.870. The molecule has 0 saturated heterocycles. The number of amides is 1. The fourth-order valence-electron chi connectivity index (χ4n) is 1.76. The molecule has 5 heteroatoms. The van der Waals surface area contributed by atoms with Gasteiger partial charge in [0.2, 0.25) is 5.91 Å². The van der Waals surface area contributed by atoms with Gasteiger partial charge in [0.15, 0.2) is 0 Å². The second-order valence-electron chi connectivity index (χ2n) is 5.12. The third-order valence-corrected chi connectivity index (χ3v) is 3.47. The molecule has 1 unspecified atom stereocenters. The predicted molar refractivity (Wildman–Crippen MR) is 78.4 cm³/mol. The van der Waals surface area contributed by atoms with Crippen molar-refractivity contribution in [3.63, 3.8) is 0 Å². The molecule has 0 aromatic heterocycles. The number of halogens is 1. The van der Waals surface area contributed by atoms with Crippen molar-refractivity contribution in [1.82, 2.24) is 5.32 Å². The molecule has 4 nitrogen and oxygen atoms in total. The maximum atomic E-state index is 11.4. The highest BCUT2D eigenvalue weighted by Gasteiger charge is 2.26. The van der Waals surface area contributed by atoms with E-state index in [9.17, 15) is 9.90 Å². The highest BCUT2D eigenvalue weighted by molar-refractivity contribution is 9.10. The number of methoxy groups -OCH3 is 1. The van der Waals surface area contributed by atoms with E-state index in [1.807, 2.05) is 32.0 Å². The minimum absolute atomic E-state index is 0.306. The van der Waals surface area contributed by atoms with Crippen LogP contribution in [0.3, 0.4) is 0 Å². The lowest BCUT2D eigenvalue weighted by molar-refractivity contribution is -0.128. The Hall–Kier alpha value is -1.07. The van der Waals surface area contributed by atoms with Crippen molar-refractivity contribution in [2.45, 2.75) is 32.3 Å². The van der Waals surface area contributed by atoms with Crippen LogP contribution in [0.2, 0.25) is 0 Å². The lowest BCUT2D eigenvalue weighted by atomic mass is 9.84. The number of benzene rings is 1. The fraction of sp³-hybridized carbons (Fsp3) is 0.500. The van der Waals surface area contributed by atoms with E-state index in [-0.39, 0.29) is 11.3 Å². The molecule has 1 aromatic rings. The summed E-state index contributed by atoms with van der Waals surface area (Å²) < 4.78 is 6.31. The summed E-state index contributed by atoms with van der Waals surface area (Å²) in [5.74, 6) is 0.404. The Labute approximate surface area is 122 Å². The van der Waals surface area contributed by atoms with E-state index in [0.717, 1.165) is 15.8 Å². The first-order valence-electron chi connectivity index (χ1n) is 6.07. The Balaban J connectivity index is 2.93. The van der Waals surface area contributed by atoms with Gasteiger partial charge in [-0.05, 0) is 25.1 Å². The van der Waals surface area contributed by atoms with Gasteiger partial charge in [-0.25, -0.2) is 0 Å². The molecule has 0 bridgehead atoms. The Kier molecular flexibility index (Phi) is 5.38. The molecule has 0 aliphatic rings. The molecule has 1 amide bonds. The molecule has 2 N–H and O–H groups in total. The second kappa shape index (κ2) is 6.39. The highest BCUT2D eigenvalue weighted by Crippen LogP contribution is 2.33.